The third kappa shape index (κ3) is 2.48. The number of nitrogens with zero attached hydrogens (tertiary/aromatic N) is 1. The predicted octanol–water partition coefficient (Wildman–Crippen LogP) is 0.984. The first kappa shape index (κ1) is 8.37. The predicted molar refractivity (Wildman–Crippen MR) is 45.5 cm³/mol. The molecular formula is C7H15NOS. The van der Waals surface area contributed by atoms with Crippen LogP contribution in [-0.2, 0) is 4.74 Å². The second-order valence-corrected chi connectivity index (χ2v) is 3.10. The maximum Gasteiger partial charge on any atom is 0.0703 e. The summed E-state index contributed by atoms with van der Waals surface area (Å²) < 4.78 is 5.45. The Bertz CT molecular complexity index is 93.6. The summed E-state index contributed by atoms with van der Waals surface area (Å²) in [6.45, 7) is 1.98. The molecule has 1 aliphatic heterocycles. The van der Waals surface area contributed by atoms with Gasteiger partial charge in [-0.1, -0.05) is 0 Å². The van der Waals surface area contributed by atoms with Crippen molar-refractivity contribution >= 4 is 12.6 Å². The number of likely N-dealkylation sites (N-methyl/N-ethyl adjacent to an activating group) is 1. The molecule has 0 aromatic rings. The van der Waals surface area contributed by atoms with Crippen molar-refractivity contribution in [2.75, 3.05) is 26.1 Å². The minimum atomic E-state index is 0.470. The summed E-state index contributed by atoms with van der Waals surface area (Å²) in [6.07, 6.45) is 2.92. The van der Waals surface area contributed by atoms with E-state index in [1.807, 2.05) is 0 Å². The summed E-state index contributed by atoms with van der Waals surface area (Å²) in [7, 11) is 2.06. The Balaban J connectivity index is 2.11. The summed E-state index contributed by atoms with van der Waals surface area (Å²) in [5, 5.41) is 0. The minimum Gasteiger partial charge on any atom is -0.377 e. The van der Waals surface area contributed by atoms with Crippen LogP contribution in [0.5, 0.6) is 0 Å². The van der Waals surface area contributed by atoms with Gasteiger partial charge in [0.1, 0.15) is 0 Å². The summed E-state index contributed by atoms with van der Waals surface area (Å²) in [5.41, 5.74) is 0. The van der Waals surface area contributed by atoms with Crippen molar-refractivity contribution in [1.82, 2.24) is 4.90 Å². The van der Waals surface area contributed by atoms with E-state index >= 15 is 0 Å². The highest BCUT2D eigenvalue weighted by molar-refractivity contribution is 7.80. The lowest BCUT2D eigenvalue weighted by Gasteiger charge is -2.17. The third-order valence-corrected chi connectivity index (χ3v) is 2.26. The third-order valence-electron chi connectivity index (χ3n) is 1.78. The van der Waals surface area contributed by atoms with Gasteiger partial charge in [0, 0.05) is 19.0 Å². The van der Waals surface area contributed by atoms with Crippen molar-refractivity contribution in [2.24, 2.45) is 0 Å². The molecule has 3 heteroatoms. The number of hydrogen-bond donors (Lipinski definition) is 1. The lowest BCUT2D eigenvalue weighted by molar-refractivity contribution is 0.0865. The van der Waals surface area contributed by atoms with Crippen molar-refractivity contribution in [3.05, 3.63) is 0 Å². The maximum absolute atomic E-state index is 5.45. The van der Waals surface area contributed by atoms with Gasteiger partial charge in [0.25, 0.3) is 0 Å². The molecule has 0 spiro atoms. The first-order valence-electron chi connectivity index (χ1n) is 3.74. The van der Waals surface area contributed by atoms with Crippen LogP contribution in [0.25, 0.3) is 0 Å². The molecule has 1 atom stereocenters. The maximum atomic E-state index is 5.45. The summed E-state index contributed by atoms with van der Waals surface area (Å²) in [4.78, 5) is 2.17. The Morgan fingerprint density at radius 3 is 3.00 bits per heavy atom. The van der Waals surface area contributed by atoms with E-state index < -0.39 is 0 Å². The van der Waals surface area contributed by atoms with Gasteiger partial charge in [-0.3, -0.25) is 4.90 Å². The number of thiol groups is 1. The number of ether oxygens (including phenoxy) is 1. The van der Waals surface area contributed by atoms with Crippen LogP contribution in [-0.4, -0.2) is 37.1 Å². The second-order valence-electron chi connectivity index (χ2n) is 2.82. The van der Waals surface area contributed by atoms with Gasteiger partial charge in [-0.05, 0) is 19.9 Å². The van der Waals surface area contributed by atoms with Crippen LogP contribution < -0.4 is 0 Å². The molecule has 0 saturated carbocycles. The summed E-state index contributed by atoms with van der Waals surface area (Å²) in [6, 6.07) is 0. The van der Waals surface area contributed by atoms with Crippen LogP contribution in [0.1, 0.15) is 12.8 Å². The molecular weight excluding hydrogens is 146 g/mol. The SMILES string of the molecule is CN(CS)CC1CCCO1. The van der Waals surface area contributed by atoms with Crippen molar-refractivity contribution in [3.63, 3.8) is 0 Å². The number of rotatable bonds is 3. The standard InChI is InChI=1S/C7H15NOS/c1-8(6-10)5-7-3-2-4-9-7/h7,10H,2-6H2,1H3. The average molecular weight is 161 g/mol. The first-order chi connectivity index (χ1) is 4.83. The Labute approximate surface area is 68.0 Å². The number of hydrogen-bond acceptors (Lipinski definition) is 3. The fraction of sp³-hybridized carbons (Fsp3) is 1.00. The normalized spacial score (nSPS) is 26.1. The van der Waals surface area contributed by atoms with E-state index in [4.69, 9.17) is 4.74 Å². The lowest BCUT2D eigenvalue weighted by Crippen LogP contribution is -2.27. The fourth-order valence-corrected chi connectivity index (χ4v) is 1.31. The van der Waals surface area contributed by atoms with E-state index in [2.05, 4.69) is 24.6 Å². The molecule has 1 aliphatic rings. The van der Waals surface area contributed by atoms with Gasteiger partial charge in [0.15, 0.2) is 0 Å². The largest absolute Gasteiger partial charge is 0.377 e. The molecule has 10 heavy (non-hydrogen) atoms. The molecule has 0 aromatic heterocycles. The Kier molecular flexibility index (Phi) is 3.52. The molecule has 1 saturated heterocycles. The highest BCUT2D eigenvalue weighted by atomic mass is 32.1. The van der Waals surface area contributed by atoms with E-state index in [0.717, 1.165) is 19.0 Å². The van der Waals surface area contributed by atoms with Crippen LogP contribution in [0.2, 0.25) is 0 Å². The monoisotopic (exact) mass is 161 g/mol. The summed E-state index contributed by atoms with van der Waals surface area (Å²) in [5.74, 6) is 0.819. The Hall–Kier alpha value is 0.270. The average Bonchev–Trinajstić information content (AvgIpc) is 2.40. The van der Waals surface area contributed by atoms with Gasteiger partial charge in [0.05, 0.1) is 6.10 Å². The Morgan fingerprint density at radius 1 is 1.70 bits per heavy atom. The second kappa shape index (κ2) is 4.21. The smallest absolute Gasteiger partial charge is 0.0703 e. The molecule has 0 aromatic carbocycles. The van der Waals surface area contributed by atoms with Crippen LogP contribution in [0, 0.1) is 0 Å². The molecule has 1 heterocycles. The van der Waals surface area contributed by atoms with E-state index in [1.165, 1.54) is 12.8 Å². The molecule has 1 fully saturated rings. The van der Waals surface area contributed by atoms with Gasteiger partial charge >= 0.3 is 0 Å². The lowest BCUT2D eigenvalue weighted by atomic mass is 10.2. The first-order valence-corrected chi connectivity index (χ1v) is 4.37. The molecule has 0 aliphatic carbocycles. The Morgan fingerprint density at radius 2 is 2.50 bits per heavy atom. The van der Waals surface area contributed by atoms with Crippen molar-refractivity contribution in [1.29, 1.82) is 0 Å². The molecule has 1 rings (SSSR count). The van der Waals surface area contributed by atoms with E-state index in [9.17, 15) is 0 Å². The van der Waals surface area contributed by atoms with Gasteiger partial charge in [-0.2, -0.15) is 12.6 Å². The molecule has 0 amide bonds. The quantitative estimate of drug-likeness (QED) is 0.489. The highest BCUT2D eigenvalue weighted by Gasteiger charge is 2.16. The van der Waals surface area contributed by atoms with Crippen molar-refractivity contribution in [3.8, 4) is 0 Å². The zero-order valence-electron chi connectivity index (χ0n) is 6.42. The van der Waals surface area contributed by atoms with Crippen LogP contribution >= 0.6 is 12.6 Å². The zero-order valence-corrected chi connectivity index (χ0v) is 7.31. The van der Waals surface area contributed by atoms with Crippen LogP contribution in [0.3, 0.4) is 0 Å². The fourth-order valence-electron chi connectivity index (χ4n) is 1.19. The molecule has 0 radical (unpaired) electrons. The van der Waals surface area contributed by atoms with Crippen LogP contribution in [0.15, 0.2) is 0 Å². The van der Waals surface area contributed by atoms with Gasteiger partial charge in [-0.25, -0.2) is 0 Å². The van der Waals surface area contributed by atoms with Gasteiger partial charge < -0.3 is 4.74 Å². The highest BCUT2D eigenvalue weighted by Crippen LogP contribution is 2.12. The molecule has 0 bridgehead atoms. The van der Waals surface area contributed by atoms with E-state index in [0.29, 0.717) is 6.10 Å². The topological polar surface area (TPSA) is 12.5 Å². The zero-order chi connectivity index (χ0) is 7.40. The summed E-state index contributed by atoms with van der Waals surface area (Å²) >= 11 is 4.16. The molecule has 2 nitrogen and oxygen atoms in total. The van der Waals surface area contributed by atoms with Gasteiger partial charge in [0.2, 0.25) is 0 Å². The van der Waals surface area contributed by atoms with E-state index in [-0.39, 0.29) is 0 Å². The van der Waals surface area contributed by atoms with Gasteiger partial charge in [-0.15, -0.1) is 0 Å². The molecule has 0 N–H and O–H groups in total. The van der Waals surface area contributed by atoms with Crippen LogP contribution in [0.4, 0.5) is 0 Å². The van der Waals surface area contributed by atoms with E-state index in [1.54, 1.807) is 0 Å². The molecule has 1 unspecified atom stereocenters. The van der Waals surface area contributed by atoms with Crippen molar-refractivity contribution < 1.29 is 4.74 Å². The molecule has 60 valence electrons. The minimum absolute atomic E-state index is 0.470. The van der Waals surface area contributed by atoms with Crippen molar-refractivity contribution in [2.45, 2.75) is 18.9 Å².